The van der Waals surface area contributed by atoms with Crippen molar-refractivity contribution in [2.45, 2.75) is 25.8 Å². The Hall–Kier alpha value is -3.31. The fraction of sp³-hybridized carbons (Fsp3) is 0.321. The van der Waals surface area contributed by atoms with Gasteiger partial charge >= 0.3 is 0 Å². The van der Waals surface area contributed by atoms with Gasteiger partial charge in [0.15, 0.2) is 0 Å². The van der Waals surface area contributed by atoms with E-state index in [0.29, 0.717) is 0 Å². The number of benzene rings is 2. The van der Waals surface area contributed by atoms with Gasteiger partial charge < -0.3 is 18.9 Å². The number of aromatic nitrogens is 2. The van der Waals surface area contributed by atoms with E-state index in [-0.39, 0.29) is 0 Å². The van der Waals surface area contributed by atoms with Gasteiger partial charge in [-0.1, -0.05) is 18.6 Å². The van der Waals surface area contributed by atoms with Crippen LogP contribution in [0.1, 0.15) is 19.3 Å². The summed E-state index contributed by atoms with van der Waals surface area (Å²) in [6, 6.07) is 16.7. The molecular weight excluding hydrogens is 410 g/mol. The second-order valence-corrected chi connectivity index (χ2v) is 8.72. The van der Waals surface area contributed by atoms with Crippen LogP contribution in [0.5, 0.6) is 11.5 Å². The number of likely N-dealkylation sites (tertiary alicyclic amines) is 1. The molecule has 2 aromatic carbocycles. The first kappa shape index (κ1) is 21.5. The smallest absolute Gasteiger partial charge is 0.119 e. The summed E-state index contributed by atoms with van der Waals surface area (Å²) in [6.07, 6.45) is 10.1. The Labute approximate surface area is 195 Å². The lowest BCUT2D eigenvalue weighted by Gasteiger charge is -2.26. The second-order valence-electron chi connectivity index (χ2n) is 8.72. The summed E-state index contributed by atoms with van der Waals surface area (Å²) in [5.74, 6) is 1.71. The molecule has 5 heteroatoms. The molecule has 170 valence electrons. The van der Waals surface area contributed by atoms with Gasteiger partial charge in [0.05, 0.1) is 14.2 Å². The van der Waals surface area contributed by atoms with Crippen molar-refractivity contribution in [3.63, 3.8) is 0 Å². The van der Waals surface area contributed by atoms with Crippen LogP contribution in [0.15, 0.2) is 67.1 Å². The molecule has 0 radical (unpaired) electrons. The van der Waals surface area contributed by atoms with E-state index in [1.54, 1.807) is 14.2 Å². The molecule has 1 aliphatic rings. The van der Waals surface area contributed by atoms with Crippen molar-refractivity contribution < 1.29 is 9.47 Å². The molecule has 4 aromatic rings. The molecule has 0 aliphatic carbocycles. The zero-order valence-corrected chi connectivity index (χ0v) is 19.5. The highest BCUT2D eigenvalue weighted by Gasteiger charge is 2.15. The standard InChI is InChI=1S/C28H31N3O2/c1-32-24-8-6-7-21(16-24)22-15-23(19-29-18-22)27-20-31(14-13-30-11-4-3-5-12-30)28-10-9-25(33-2)17-26(27)28/h6-10,15-20H,3-5,11-14H2,1-2H3. The van der Waals surface area contributed by atoms with Crippen LogP contribution in [0.25, 0.3) is 33.2 Å². The first-order valence-corrected chi connectivity index (χ1v) is 11.7. The number of fused-ring (bicyclic) bond motifs is 1. The van der Waals surface area contributed by atoms with E-state index >= 15 is 0 Å². The third-order valence-electron chi connectivity index (χ3n) is 6.65. The summed E-state index contributed by atoms with van der Waals surface area (Å²) in [6.45, 7) is 4.49. The molecule has 3 heterocycles. The van der Waals surface area contributed by atoms with Gasteiger partial charge in [0.2, 0.25) is 0 Å². The molecule has 0 bridgehead atoms. The van der Waals surface area contributed by atoms with Gasteiger partial charge in [-0.25, -0.2) is 0 Å². The van der Waals surface area contributed by atoms with Crippen LogP contribution in [-0.2, 0) is 6.54 Å². The average molecular weight is 442 g/mol. The third-order valence-corrected chi connectivity index (χ3v) is 6.65. The van der Waals surface area contributed by atoms with Crippen LogP contribution in [0, 0.1) is 0 Å². The Kier molecular flexibility index (Phi) is 6.31. The van der Waals surface area contributed by atoms with E-state index in [0.717, 1.165) is 41.3 Å². The Morgan fingerprint density at radius 2 is 1.58 bits per heavy atom. The van der Waals surface area contributed by atoms with Gasteiger partial charge in [0.25, 0.3) is 0 Å². The lowest BCUT2D eigenvalue weighted by molar-refractivity contribution is 0.222. The monoisotopic (exact) mass is 441 g/mol. The van der Waals surface area contributed by atoms with Crippen LogP contribution >= 0.6 is 0 Å². The van der Waals surface area contributed by atoms with Crippen molar-refractivity contribution >= 4 is 10.9 Å². The molecule has 0 amide bonds. The number of nitrogens with zero attached hydrogens (tertiary/aromatic N) is 3. The summed E-state index contributed by atoms with van der Waals surface area (Å²) in [5, 5.41) is 1.19. The minimum atomic E-state index is 0.844. The van der Waals surface area contributed by atoms with Crippen LogP contribution in [-0.4, -0.2) is 48.3 Å². The van der Waals surface area contributed by atoms with E-state index in [1.165, 1.54) is 48.8 Å². The number of rotatable bonds is 7. The van der Waals surface area contributed by atoms with Crippen LogP contribution < -0.4 is 9.47 Å². The molecule has 0 unspecified atom stereocenters. The predicted molar refractivity (Wildman–Crippen MR) is 134 cm³/mol. The normalized spacial score (nSPS) is 14.5. The maximum atomic E-state index is 5.55. The Balaban J connectivity index is 1.53. The largest absolute Gasteiger partial charge is 0.497 e. The topological polar surface area (TPSA) is 39.5 Å². The Morgan fingerprint density at radius 1 is 0.788 bits per heavy atom. The number of methoxy groups -OCH3 is 2. The van der Waals surface area contributed by atoms with E-state index in [4.69, 9.17) is 9.47 Å². The number of piperidine rings is 1. The van der Waals surface area contributed by atoms with Crippen LogP contribution in [0.3, 0.4) is 0 Å². The molecule has 2 aromatic heterocycles. The van der Waals surface area contributed by atoms with E-state index in [9.17, 15) is 0 Å². The minimum absolute atomic E-state index is 0.844. The van der Waals surface area contributed by atoms with Gasteiger partial charge in [-0.2, -0.15) is 0 Å². The molecule has 1 saturated heterocycles. The van der Waals surface area contributed by atoms with E-state index < -0.39 is 0 Å². The molecule has 0 spiro atoms. The van der Waals surface area contributed by atoms with Gasteiger partial charge in [-0.15, -0.1) is 0 Å². The first-order chi connectivity index (χ1) is 16.2. The molecule has 0 N–H and O–H groups in total. The maximum Gasteiger partial charge on any atom is 0.119 e. The molecule has 5 rings (SSSR count). The molecule has 1 aliphatic heterocycles. The van der Waals surface area contributed by atoms with Crippen LogP contribution in [0.2, 0.25) is 0 Å². The van der Waals surface area contributed by atoms with E-state index in [1.807, 2.05) is 30.6 Å². The highest BCUT2D eigenvalue weighted by Crippen LogP contribution is 2.35. The van der Waals surface area contributed by atoms with Gasteiger partial charge in [0, 0.05) is 59.3 Å². The lowest BCUT2D eigenvalue weighted by atomic mass is 10.0. The summed E-state index contributed by atoms with van der Waals surface area (Å²) >= 11 is 0. The fourth-order valence-corrected chi connectivity index (χ4v) is 4.80. The number of pyridine rings is 1. The lowest BCUT2D eigenvalue weighted by Crippen LogP contribution is -2.32. The number of hydrogen-bond donors (Lipinski definition) is 0. The highest BCUT2D eigenvalue weighted by atomic mass is 16.5. The SMILES string of the molecule is COc1cccc(-c2cncc(-c3cn(CCN4CCCCC4)c4ccc(OC)cc34)c2)c1. The van der Waals surface area contributed by atoms with Gasteiger partial charge in [-0.3, -0.25) is 4.98 Å². The summed E-state index contributed by atoms with van der Waals surface area (Å²) < 4.78 is 13.3. The molecule has 5 nitrogen and oxygen atoms in total. The summed E-state index contributed by atoms with van der Waals surface area (Å²) in [7, 11) is 3.42. The molecule has 1 fully saturated rings. The van der Waals surface area contributed by atoms with Crippen molar-refractivity contribution in [3.8, 4) is 33.8 Å². The zero-order valence-electron chi connectivity index (χ0n) is 19.5. The minimum Gasteiger partial charge on any atom is -0.497 e. The predicted octanol–water partition coefficient (Wildman–Crippen LogP) is 5.87. The first-order valence-electron chi connectivity index (χ1n) is 11.7. The number of ether oxygens (including phenoxy) is 2. The Bertz CT molecular complexity index is 1240. The van der Waals surface area contributed by atoms with Crippen molar-refractivity contribution in [1.82, 2.24) is 14.5 Å². The number of hydrogen-bond acceptors (Lipinski definition) is 4. The molecule has 0 saturated carbocycles. The average Bonchev–Trinajstić information content (AvgIpc) is 3.26. The van der Waals surface area contributed by atoms with Gasteiger partial charge in [0.1, 0.15) is 11.5 Å². The third kappa shape index (κ3) is 4.60. The van der Waals surface area contributed by atoms with Crippen molar-refractivity contribution in [2.24, 2.45) is 0 Å². The summed E-state index contributed by atoms with van der Waals surface area (Å²) in [4.78, 5) is 7.17. The quantitative estimate of drug-likeness (QED) is 0.359. The zero-order chi connectivity index (χ0) is 22.6. The van der Waals surface area contributed by atoms with Gasteiger partial charge in [-0.05, 0) is 67.9 Å². The molecule has 0 atom stereocenters. The molecule has 33 heavy (non-hydrogen) atoms. The van der Waals surface area contributed by atoms with E-state index in [2.05, 4.69) is 51.0 Å². The van der Waals surface area contributed by atoms with Crippen molar-refractivity contribution in [1.29, 1.82) is 0 Å². The second kappa shape index (κ2) is 9.67. The van der Waals surface area contributed by atoms with Crippen LogP contribution in [0.4, 0.5) is 0 Å². The Morgan fingerprint density at radius 3 is 2.39 bits per heavy atom. The highest BCUT2D eigenvalue weighted by molar-refractivity contribution is 5.97. The van der Waals surface area contributed by atoms with Crippen molar-refractivity contribution in [3.05, 3.63) is 67.1 Å². The summed E-state index contributed by atoms with van der Waals surface area (Å²) in [5.41, 5.74) is 5.68. The maximum absolute atomic E-state index is 5.55. The fourth-order valence-electron chi connectivity index (χ4n) is 4.80. The molecular formula is C28H31N3O2. The van der Waals surface area contributed by atoms with Crippen molar-refractivity contribution in [2.75, 3.05) is 33.9 Å².